The number of hydrogen-bond acceptors (Lipinski definition) is 4. The Morgan fingerprint density at radius 3 is 2.00 bits per heavy atom. The van der Waals surface area contributed by atoms with Crippen LogP contribution in [0.5, 0.6) is 0 Å². The van der Waals surface area contributed by atoms with E-state index in [-0.39, 0.29) is 36.0 Å². The molecular formula is C15H12NNaO2S. The maximum atomic E-state index is 10.7. The van der Waals surface area contributed by atoms with Gasteiger partial charge in [-0.3, -0.25) is 0 Å². The number of hydrogen-bond donors (Lipinski definition) is 0. The largest absolute Gasteiger partial charge is 1.00 e. The van der Waals surface area contributed by atoms with Gasteiger partial charge in [-0.15, -0.1) is 0 Å². The summed E-state index contributed by atoms with van der Waals surface area (Å²) in [5.74, 6) is -1.02. The molecule has 0 aromatic heterocycles. The van der Waals surface area contributed by atoms with Crippen LogP contribution >= 0.6 is 11.8 Å². The molecule has 0 saturated carbocycles. The molecule has 1 heterocycles. The van der Waals surface area contributed by atoms with E-state index in [1.54, 1.807) is 11.8 Å². The number of para-hydroxylation sites is 2. The van der Waals surface area contributed by atoms with Gasteiger partial charge in [-0.25, -0.2) is 0 Å². The number of anilines is 2. The minimum atomic E-state index is -1.02. The zero-order valence-electron chi connectivity index (χ0n) is 11.2. The monoisotopic (exact) mass is 293 g/mol. The van der Waals surface area contributed by atoms with E-state index < -0.39 is 5.97 Å². The van der Waals surface area contributed by atoms with Gasteiger partial charge in [0.1, 0.15) is 0 Å². The normalized spacial score (nSPS) is 12.1. The maximum Gasteiger partial charge on any atom is 1.00 e. The Balaban J connectivity index is 0.00000147. The summed E-state index contributed by atoms with van der Waals surface area (Å²) in [6.07, 6.45) is 0.0212. The van der Waals surface area contributed by atoms with Crippen molar-refractivity contribution in [2.45, 2.75) is 16.2 Å². The van der Waals surface area contributed by atoms with Gasteiger partial charge in [0, 0.05) is 28.7 Å². The number of carboxylic acid groups (broad SMARTS) is 1. The fourth-order valence-electron chi connectivity index (χ4n) is 2.23. The first kappa shape index (κ1) is 15.4. The summed E-state index contributed by atoms with van der Waals surface area (Å²) in [7, 11) is 0. The third-order valence-corrected chi connectivity index (χ3v) is 4.20. The molecule has 20 heavy (non-hydrogen) atoms. The summed E-state index contributed by atoms with van der Waals surface area (Å²) < 4.78 is 0. The van der Waals surface area contributed by atoms with Crippen molar-refractivity contribution in [3.05, 3.63) is 48.5 Å². The standard InChI is InChI=1S/C15H13NO2S.Na/c17-15(18)9-10-16-11-5-1-3-7-13(11)19-14-8-4-2-6-12(14)16;/h1-8H,9-10H2,(H,17,18);/q;+1/p-1. The fourth-order valence-corrected chi connectivity index (χ4v) is 3.32. The van der Waals surface area contributed by atoms with Gasteiger partial charge in [0.2, 0.25) is 0 Å². The molecule has 0 radical (unpaired) electrons. The smallest absolute Gasteiger partial charge is 0.550 e. The average molecular weight is 293 g/mol. The van der Waals surface area contributed by atoms with Crippen molar-refractivity contribution in [2.24, 2.45) is 0 Å². The molecule has 0 N–H and O–H groups in total. The average Bonchev–Trinajstić information content (AvgIpc) is 2.43. The SMILES string of the molecule is O=C([O-])CCN1c2ccccc2Sc2ccccc21.[Na+]. The summed E-state index contributed by atoms with van der Waals surface area (Å²) >= 11 is 1.72. The van der Waals surface area contributed by atoms with Gasteiger partial charge in [0.05, 0.1) is 11.4 Å². The van der Waals surface area contributed by atoms with Gasteiger partial charge < -0.3 is 14.8 Å². The van der Waals surface area contributed by atoms with E-state index in [9.17, 15) is 9.90 Å². The molecule has 0 aliphatic carbocycles. The zero-order valence-corrected chi connectivity index (χ0v) is 14.0. The van der Waals surface area contributed by atoms with E-state index in [1.165, 1.54) is 0 Å². The van der Waals surface area contributed by atoms with Crippen molar-refractivity contribution in [1.82, 2.24) is 0 Å². The van der Waals surface area contributed by atoms with E-state index in [0.717, 1.165) is 21.2 Å². The van der Waals surface area contributed by atoms with Gasteiger partial charge in [0.25, 0.3) is 0 Å². The van der Waals surface area contributed by atoms with Crippen LogP contribution in [0.15, 0.2) is 58.3 Å². The number of carbonyl (C=O) groups is 1. The van der Waals surface area contributed by atoms with Crippen LogP contribution in [-0.2, 0) is 4.79 Å². The minimum absolute atomic E-state index is 0. The molecule has 0 bridgehead atoms. The second kappa shape index (κ2) is 6.68. The molecule has 0 fully saturated rings. The van der Waals surface area contributed by atoms with Crippen molar-refractivity contribution in [1.29, 1.82) is 0 Å². The second-order valence-corrected chi connectivity index (χ2v) is 5.39. The maximum absolute atomic E-state index is 10.7. The van der Waals surface area contributed by atoms with Crippen LogP contribution in [0, 0.1) is 0 Å². The number of rotatable bonds is 3. The second-order valence-electron chi connectivity index (χ2n) is 4.31. The quantitative estimate of drug-likeness (QED) is 0.711. The molecular weight excluding hydrogens is 281 g/mol. The third kappa shape index (κ3) is 3.04. The van der Waals surface area contributed by atoms with Crippen molar-refractivity contribution in [3.8, 4) is 0 Å². The van der Waals surface area contributed by atoms with E-state index in [1.807, 2.05) is 36.4 Å². The molecule has 3 rings (SSSR count). The van der Waals surface area contributed by atoms with Crippen LogP contribution in [0.4, 0.5) is 11.4 Å². The first-order valence-corrected chi connectivity index (χ1v) is 6.90. The van der Waals surface area contributed by atoms with Crippen molar-refractivity contribution in [3.63, 3.8) is 0 Å². The molecule has 96 valence electrons. The first-order valence-electron chi connectivity index (χ1n) is 6.09. The molecule has 0 amide bonds. The van der Waals surface area contributed by atoms with Gasteiger partial charge in [-0.1, -0.05) is 36.0 Å². The van der Waals surface area contributed by atoms with Crippen LogP contribution in [0.2, 0.25) is 0 Å². The summed E-state index contributed by atoms with van der Waals surface area (Å²) in [5, 5.41) is 10.7. The molecule has 1 aliphatic heterocycles. The van der Waals surface area contributed by atoms with Crippen LogP contribution < -0.4 is 39.6 Å². The molecule has 5 heteroatoms. The topological polar surface area (TPSA) is 43.4 Å². The number of carbonyl (C=O) groups excluding carboxylic acids is 1. The molecule has 2 aromatic rings. The van der Waals surface area contributed by atoms with Crippen molar-refractivity contribution < 1.29 is 39.5 Å². The Kier molecular flexibility index (Phi) is 5.16. The van der Waals surface area contributed by atoms with E-state index >= 15 is 0 Å². The van der Waals surface area contributed by atoms with Gasteiger partial charge in [-0.2, -0.15) is 0 Å². The number of aliphatic carboxylic acids is 1. The Morgan fingerprint density at radius 1 is 1.00 bits per heavy atom. The number of nitrogens with zero attached hydrogens (tertiary/aromatic N) is 1. The van der Waals surface area contributed by atoms with Gasteiger partial charge in [-0.05, 0) is 24.3 Å². The predicted molar refractivity (Wildman–Crippen MR) is 73.6 cm³/mol. The molecule has 1 aliphatic rings. The number of benzene rings is 2. The zero-order chi connectivity index (χ0) is 13.2. The summed E-state index contributed by atoms with van der Waals surface area (Å²) in [5.41, 5.74) is 2.12. The summed E-state index contributed by atoms with van der Waals surface area (Å²) in [6.45, 7) is 0.428. The molecule has 0 atom stereocenters. The van der Waals surface area contributed by atoms with E-state index in [2.05, 4.69) is 17.0 Å². The Morgan fingerprint density at radius 2 is 1.50 bits per heavy atom. The Hall–Kier alpha value is -0.940. The molecule has 0 saturated heterocycles. The summed E-state index contributed by atoms with van der Waals surface area (Å²) in [4.78, 5) is 15.1. The van der Waals surface area contributed by atoms with Crippen molar-refractivity contribution in [2.75, 3.05) is 11.4 Å². The first-order chi connectivity index (χ1) is 9.25. The van der Waals surface area contributed by atoms with Gasteiger partial charge in [0.15, 0.2) is 0 Å². The number of fused-ring (bicyclic) bond motifs is 2. The molecule has 2 aromatic carbocycles. The Labute approximate surface area is 144 Å². The van der Waals surface area contributed by atoms with Gasteiger partial charge >= 0.3 is 29.6 Å². The third-order valence-electron chi connectivity index (χ3n) is 3.07. The fraction of sp³-hybridized carbons (Fsp3) is 0.133. The Bertz CT molecular complexity index is 587. The van der Waals surface area contributed by atoms with E-state index in [4.69, 9.17) is 0 Å². The molecule has 0 spiro atoms. The van der Waals surface area contributed by atoms with Crippen LogP contribution in [0.25, 0.3) is 0 Å². The molecule has 0 unspecified atom stereocenters. The predicted octanol–water partition coefficient (Wildman–Crippen LogP) is -0.567. The van der Waals surface area contributed by atoms with Crippen LogP contribution in [0.1, 0.15) is 6.42 Å². The summed E-state index contributed by atoms with van der Waals surface area (Å²) in [6, 6.07) is 16.1. The van der Waals surface area contributed by atoms with Crippen molar-refractivity contribution >= 4 is 29.1 Å². The number of carboxylic acids is 1. The van der Waals surface area contributed by atoms with Crippen LogP contribution in [0.3, 0.4) is 0 Å². The van der Waals surface area contributed by atoms with E-state index in [0.29, 0.717) is 6.54 Å². The molecule has 3 nitrogen and oxygen atoms in total. The minimum Gasteiger partial charge on any atom is -0.550 e. The van der Waals surface area contributed by atoms with Crippen LogP contribution in [-0.4, -0.2) is 12.5 Å².